The van der Waals surface area contributed by atoms with E-state index in [0.717, 1.165) is 43.4 Å². The molecule has 0 bridgehead atoms. The topological polar surface area (TPSA) is 89.9 Å². The average molecular weight is 415 g/mol. The molecule has 0 aliphatic carbocycles. The molecule has 7 heteroatoms. The highest BCUT2D eigenvalue weighted by atomic mass is 32.2. The third kappa shape index (κ3) is 10.7. The summed E-state index contributed by atoms with van der Waals surface area (Å²) in [6.45, 7) is 0.645. The second-order valence-electron chi connectivity index (χ2n) is 7.14. The smallest absolute Gasteiger partial charge is 0.308 e. The van der Waals surface area contributed by atoms with Crippen LogP contribution < -0.4 is 4.74 Å². The van der Waals surface area contributed by atoms with E-state index in [9.17, 15) is 13.2 Å². The van der Waals surface area contributed by atoms with Gasteiger partial charge in [-0.2, -0.15) is 0 Å². The van der Waals surface area contributed by atoms with Crippen LogP contribution in [0.3, 0.4) is 0 Å². The molecule has 1 rings (SSSR count). The lowest BCUT2D eigenvalue weighted by Gasteiger charge is -2.17. The monoisotopic (exact) mass is 414 g/mol. The van der Waals surface area contributed by atoms with Crippen LogP contribution in [0.4, 0.5) is 0 Å². The highest BCUT2D eigenvalue weighted by molar-refractivity contribution is 7.90. The molecule has 0 heterocycles. The van der Waals surface area contributed by atoms with Gasteiger partial charge >= 0.3 is 5.97 Å². The normalized spacial score (nSPS) is 12.5. The summed E-state index contributed by atoms with van der Waals surface area (Å²) in [5.74, 6) is 0.453. The van der Waals surface area contributed by atoms with Crippen LogP contribution in [0, 0.1) is 5.92 Å². The maximum atomic E-state index is 12.2. The van der Waals surface area contributed by atoms with Crippen molar-refractivity contribution in [3.8, 4) is 5.75 Å². The Balaban J connectivity index is 2.59. The predicted octanol–water partition coefficient (Wildman–Crippen LogP) is 3.16. The van der Waals surface area contributed by atoms with Gasteiger partial charge < -0.3 is 14.6 Å². The number of hydrogen-bond acceptors (Lipinski definition) is 6. The van der Waals surface area contributed by atoms with Gasteiger partial charge in [-0.1, -0.05) is 37.5 Å². The van der Waals surface area contributed by atoms with E-state index in [-0.39, 0.29) is 24.2 Å². The van der Waals surface area contributed by atoms with Crippen molar-refractivity contribution in [2.45, 2.75) is 51.4 Å². The van der Waals surface area contributed by atoms with Gasteiger partial charge in [0.1, 0.15) is 15.6 Å². The first kappa shape index (κ1) is 24.4. The summed E-state index contributed by atoms with van der Waals surface area (Å²) in [5.41, 5.74) is 0.955. The van der Waals surface area contributed by atoms with Crippen LogP contribution in [-0.4, -0.2) is 51.8 Å². The van der Waals surface area contributed by atoms with E-state index in [4.69, 9.17) is 14.6 Å². The number of aliphatic hydroxyl groups is 1. The maximum Gasteiger partial charge on any atom is 0.308 e. The van der Waals surface area contributed by atoms with Crippen molar-refractivity contribution in [3.63, 3.8) is 0 Å². The predicted molar refractivity (Wildman–Crippen MR) is 110 cm³/mol. The zero-order valence-corrected chi connectivity index (χ0v) is 17.9. The summed E-state index contributed by atoms with van der Waals surface area (Å²) in [6, 6.07) is 7.63. The van der Waals surface area contributed by atoms with E-state index < -0.39 is 9.84 Å². The Morgan fingerprint density at radius 2 is 1.79 bits per heavy atom. The number of aliphatic hydroxyl groups excluding tert-OH is 1. The van der Waals surface area contributed by atoms with Crippen LogP contribution in [0.1, 0.15) is 50.5 Å². The van der Waals surface area contributed by atoms with Crippen molar-refractivity contribution in [1.29, 1.82) is 0 Å². The summed E-state index contributed by atoms with van der Waals surface area (Å²) < 4.78 is 33.2. The van der Waals surface area contributed by atoms with Crippen LogP contribution in [0.25, 0.3) is 0 Å². The molecule has 1 aromatic rings. The molecule has 1 aromatic carbocycles. The lowest BCUT2D eigenvalue weighted by atomic mass is 9.93. The van der Waals surface area contributed by atoms with Gasteiger partial charge in [0.25, 0.3) is 0 Å². The van der Waals surface area contributed by atoms with Gasteiger partial charge in [-0.05, 0) is 43.7 Å². The SMILES string of the molecule is COC(=O)C(CCCCCCO)Cc1ccccc1OCCCCS(C)(=O)=O. The van der Waals surface area contributed by atoms with Crippen molar-refractivity contribution >= 4 is 15.8 Å². The summed E-state index contributed by atoms with van der Waals surface area (Å²) in [4.78, 5) is 12.2. The van der Waals surface area contributed by atoms with Crippen molar-refractivity contribution < 1.29 is 27.8 Å². The fraction of sp³-hybridized carbons (Fsp3) is 0.667. The second-order valence-corrected chi connectivity index (χ2v) is 9.40. The van der Waals surface area contributed by atoms with Gasteiger partial charge in [0, 0.05) is 12.9 Å². The Kier molecular flexibility index (Phi) is 11.8. The van der Waals surface area contributed by atoms with Crippen LogP contribution >= 0.6 is 0 Å². The van der Waals surface area contributed by atoms with E-state index >= 15 is 0 Å². The molecule has 0 aliphatic rings. The first-order valence-electron chi connectivity index (χ1n) is 9.94. The minimum Gasteiger partial charge on any atom is -0.493 e. The van der Waals surface area contributed by atoms with E-state index in [1.54, 1.807) is 0 Å². The molecular formula is C21H34O6S. The van der Waals surface area contributed by atoms with Gasteiger partial charge in [0.2, 0.25) is 0 Å². The lowest BCUT2D eigenvalue weighted by molar-refractivity contribution is -0.145. The van der Waals surface area contributed by atoms with Crippen molar-refractivity contribution in [2.24, 2.45) is 5.92 Å². The van der Waals surface area contributed by atoms with Crippen LogP contribution in [-0.2, 0) is 25.8 Å². The van der Waals surface area contributed by atoms with Crippen LogP contribution in [0.15, 0.2) is 24.3 Å². The minimum absolute atomic E-state index is 0.165. The first-order valence-corrected chi connectivity index (χ1v) is 12.0. The Morgan fingerprint density at radius 1 is 1.07 bits per heavy atom. The van der Waals surface area contributed by atoms with Crippen LogP contribution in [0.2, 0.25) is 0 Å². The number of ether oxygens (including phenoxy) is 2. The number of para-hydroxylation sites is 1. The molecule has 1 N–H and O–H groups in total. The van der Waals surface area contributed by atoms with E-state index in [2.05, 4.69) is 0 Å². The summed E-state index contributed by atoms with van der Waals surface area (Å²) in [6.07, 6.45) is 7.39. The highest BCUT2D eigenvalue weighted by Gasteiger charge is 2.21. The number of sulfone groups is 1. The minimum atomic E-state index is -2.94. The summed E-state index contributed by atoms with van der Waals surface area (Å²) in [7, 11) is -1.53. The molecule has 0 amide bonds. The van der Waals surface area contributed by atoms with Crippen molar-refractivity contribution in [1.82, 2.24) is 0 Å². The number of unbranched alkanes of at least 4 members (excludes halogenated alkanes) is 4. The molecule has 160 valence electrons. The Morgan fingerprint density at radius 3 is 2.46 bits per heavy atom. The van der Waals surface area contributed by atoms with E-state index in [0.29, 0.717) is 25.9 Å². The van der Waals surface area contributed by atoms with Crippen LogP contribution in [0.5, 0.6) is 5.75 Å². The second kappa shape index (κ2) is 13.6. The van der Waals surface area contributed by atoms with Gasteiger partial charge in [-0.25, -0.2) is 8.42 Å². The molecule has 0 radical (unpaired) electrons. The van der Waals surface area contributed by atoms with Gasteiger partial charge in [-0.3, -0.25) is 4.79 Å². The quantitative estimate of drug-likeness (QED) is 0.350. The lowest BCUT2D eigenvalue weighted by Crippen LogP contribution is -2.19. The zero-order valence-electron chi connectivity index (χ0n) is 17.1. The number of carbonyl (C=O) groups excluding carboxylic acids is 1. The third-order valence-corrected chi connectivity index (χ3v) is 5.63. The zero-order chi connectivity index (χ0) is 20.8. The molecule has 28 heavy (non-hydrogen) atoms. The fourth-order valence-electron chi connectivity index (χ4n) is 3.05. The Labute approximate surface area is 169 Å². The standard InChI is InChI=1S/C21H34O6S/c1-26-21(23)19(12-5-3-4-8-14-22)17-18-11-6-7-13-20(18)27-15-9-10-16-28(2,24)25/h6-7,11,13,19,22H,3-5,8-10,12,14-17H2,1-2H3. The van der Waals surface area contributed by atoms with Gasteiger partial charge in [-0.15, -0.1) is 0 Å². The molecule has 1 atom stereocenters. The highest BCUT2D eigenvalue weighted by Crippen LogP contribution is 2.25. The summed E-state index contributed by atoms with van der Waals surface area (Å²) in [5, 5.41) is 8.85. The fourth-order valence-corrected chi connectivity index (χ4v) is 3.78. The molecule has 6 nitrogen and oxygen atoms in total. The van der Waals surface area contributed by atoms with E-state index in [1.807, 2.05) is 24.3 Å². The Bertz CT molecular complexity index is 671. The molecule has 0 saturated heterocycles. The molecule has 0 aromatic heterocycles. The first-order chi connectivity index (χ1) is 13.4. The van der Waals surface area contributed by atoms with Gasteiger partial charge in [0.15, 0.2) is 0 Å². The summed E-state index contributed by atoms with van der Waals surface area (Å²) >= 11 is 0. The number of carbonyl (C=O) groups is 1. The maximum absolute atomic E-state index is 12.2. The number of hydrogen-bond donors (Lipinski definition) is 1. The number of esters is 1. The number of benzene rings is 1. The molecule has 0 spiro atoms. The molecule has 0 aliphatic heterocycles. The molecule has 0 fully saturated rings. The number of rotatable bonds is 15. The largest absolute Gasteiger partial charge is 0.493 e. The molecule has 1 unspecified atom stereocenters. The third-order valence-electron chi connectivity index (χ3n) is 4.60. The molecule has 0 saturated carbocycles. The van der Waals surface area contributed by atoms with Gasteiger partial charge in [0.05, 0.1) is 25.4 Å². The van der Waals surface area contributed by atoms with E-state index in [1.165, 1.54) is 13.4 Å². The Hall–Kier alpha value is -1.60. The van der Waals surface area contributed by atoms with Crippen molar-refractivity contribution in [2.75, 3.05) is 32.3 Å². The molecular weight excluding hydrogens is 380 g/mol. The average Bonchev–Trinajstić information content (AvgIpc) is 2.66. The van der Waals surface area contributed by atoms with Crippen molar-refractivity contribution in [3.05, 3.63) is 29.8 Å². The number of methoxy groups -OCH3 is 1.